The zero-order valence-corrected chi connectivity index (χ0v) is 17.5. The van der Waals surface area contributed by atoms with Gasteiger partial charge in [0.25, 0.3) is 0 Å². The Balaban J connectivity index is 1.63. The van der Waals surface area contributed by atoms with Gasteiger partial charge >= 0.3 is 0 Å². The van der Waals surface area contributed by atoms with Gasteiger partial charge in [-0.1, -0.05) is 97.1 Å². The van der Waals surface area contributed by atoms with E-state index in [0.717, 1.165) is 11.5 Å². The lowest BCUT2D eigenvalue weighted by Gasteiger charge is -2.31. The number of hydrogen-bond acceptors (Lipinski definition) is 1. The third-order valence-corrected chi connectivity index (χ3v) is 6.76. The summed E-state index contributed by atoms with van der Waals surface area (Å²) in [6, 6.07) is 41.3. The molecule has 6 aromatic rings. The average molecular weight is 409 g/mol. The van der Waals surface area contributed by atoms with Crippen LogP contribution in [-0.4, -0.2) is 0 Å². The molecule has 1 unspecified atom stereocenters. The fraction of sp³-hybridized carbons (Fsp3) is 0.0323. The molecule has 150 valence electrons. The lowest BCUT2D eigenvalue weighted by Crippen LogP contribution is -2.13. The van der Waals surface area contributed by atoms with E-state index in [0.29, 0.717) is 0 Å². The van der Waals surface area contributed by atoms with Gasteiger partial charge in [-0.2, -0.15) is 0 Å². The van der Waals surface area contributed by atoms with Gasteiger partial charge in [-0.3, -0.25) is 0 Å². The molecular formula is C31H20O. The zero-order valence-electron chi connectivity index (χ0n) is 17.5. The molecule has 1 aliphatic heterocycles. The number of ether oxygens (including phenoxy) is 1. The molecule has 6 aromatic carbocycles. The van der Waals surface area contributed by atoms with E-state index >= 15 is 0 Å². The summed E-state index contributed by atoms with van der Waals surface area (Å²) >= 11 is 0. The van der Waals surface area contributed by atoms with Crippen molar-refractivity contribution >= 4 is 32.3 Å². The van der Waals surface area contributed by atoms with Crippen molar-refractivity contribution in [1.82, 2.24) is 0 Å². The van der Waals surface area contributed by atoms with Crippen molar-refractivity contribution < 1.29 is 4.74 Å². The van der Waals surface area contributed by atoms with Crippen molar-refractivity contribution in [3.63, 3.8) is 0 Å². The Morgan fingerprint density at radius 1 is 0.438 bits per heavy atom. The quantitative estimate of drug-likeness (QED) is 0.265. The van der Waals surface area contributed by atoms with Crippen LogP contribution in [0, 0.1) is 0 Å². The summed E-state index contributed by atoms with van der Waals surface area (Å²) in [6.07, 6.45) is 0. The number of fused-ring (bicyclic) bond motifs is 6. The third-order valence-electron chi connectivity index (χ3n) is 6.76. The van der Waals surface area contributed by atoms with Crippen LogP contribution in [-0.2, 0) is 0 Å². The molecule has 0 aromatic heterocycles. The highest BCUT2D eigenvalue weighted by molar-refractivity contribution is 5.95. The van der Waals surface area contributed by atoms with E-state index in [1.807, 2.05) is 0 Å². The van der Waals surface area contributed by atoms with Crippen LogP contribution in [0.4, 0.5) is 0 Å². The number of benzene rings is 6. The molecule has 1 aliphatic rings. The van der Waals surface area contributed by atoms with Crippen LogP contribution in [0.25, 0.3) is 32.3 Å². The highest BCUT2D eigenvalue weighted by Gasteiger charge is 2.31. The molecule has 0 N–H and O–H groups in total. The van der Waals surface area contributed by atoms with Crippen LogP contribution >= 0.6 is 0 Å². The Kier molecular flexibility index (Phi) is 3.68. The molecule has 32 heavy (non-hydrogen) atoms. The molecule has 1 atom stereocenters. The standard InChI is InChI=1S/C31H20O/c1-2-11-23-19-29-27(18-22(23)10-1)30(26-15-7-12-20-8-3-5-13-24(20)26)31-25-14-6-4-9-21(25)16-17-28(31)32-29/h1-19,30H. The minimum atomic E-state index is 0.0931. The summed E-state index contributed by atoms with van der Waals surface area (Å²) in [7, 11) is 0. The van der Waals surface area contributed by atoms with Crippen molar-refractivity contribution in [2.45, 2.75) is 5.92 Å². The van der Waals surface area contributed by atoms with Crippen molar-refractivity contribution in [2.75, 3.05) is 0 Å². The van der Waals surface area contributed by atoms with E-state index in [1.165, 1.54) is 49.0 Å². The summed E-state index contributed by atoms with van der Waals surface area (Å²) in [5.41, 5.74) is 3.80. The molecule has 0 aliphatic carbocycles. The van der Waals surface area contributed by atoms with Crippen LogP contribution in [0.5, 0.6) is 11.5 Å². The summed E-state index contributed by atoms with van der Waals surface area (Å²) in [6.45, 7) is 0. The highest BCUT2D eigenvalue weighted by atomic mass is 16.5. The molecule has 1 nitrogen and oxygen atoms in total. The average Bonchev–Trinajstić information content (AvgIpc) is 2.86. The van der Waals surface area contributed by atoms with E-state index in [-0.39, 0.29) is 5.92 Å². The first-order chi connectivity index (χ1) is 15.9. The normalized spacial score (nSPS) is 14.8. The molecular weight excluding hydrogens is 388 g/mol. The van der Waals surface area contributed by atoms with Crippen molar-refractivity contribution in [3.05, 3.63) is 132 Å². The number of hydrogen-bond donors (Lipinski definition) is 0. The van der Waals surface area contributed by atoms with Gasteiger partial charge in [0.15, 0.2) is 0 Å². The van der Waals surface area contributed by atoms with Crippen LogP contribution in [0.1, 0.15) is 22.6 Å². The fourth-order valence-corrected chi connectivity index (χ4v) is 5.31. The minimum Gasteiger partial charge on any atom is -0.457 e. The lowest BCUT2D eigenvalue weighted by atomic mass is 9.78. The maximum absolute atomic E-state index is 6.56. The predicted octanol–water partition coefficient (Wildman–Crippen LogP) is 8.43. The lowest BCUT2D eigenvalue weighted by molar-refractivity contribution is 0.455. The van der Waals surface area contributed by atoms with Gasteiger partial charge in [0.1, 0.15) is 11.5 Å². The molecule has 0 radical (unpaired) electrons. The van der Waals surface area contributed by atoms with E-state index < -0.39 is 0 Å². The molecule has 1 heteroatoms. The second kappa shape index (κ2) is 6.70. The molecule has 1 heterocycles. The van der Waals surface area contributed by atoms with Gasteiger partial charge in [0.2, 0.25) is 0 Å². The summed E-state index contributed by atoms with van der Waals surface area (Å²) in [4.78, 5) is 0. The van der Waals surface area contributed by atoms with E-state index in [9.17, 15) is 0 Å². The Labute approximate surface area is 186 Å². The van der Waals surface area contributed by atoms with Gasteiger partial charge in [0.05, 0.1) is 0 Å². The minimum absolute atomic E-state index is 0.0931. The second-order valence-corrected chi connectivity index (χ2v) is 8.54. The maximum Gasteiger partial charge on any atom is 0.132 e. The largest absolute Gasteiger partial charge is 0.457 e. The SMILES string of the molecule is c1ccc2cc3c(cc2c1)Oc1ccc2ccccc2c1C3c1cccc2ccccc12. The summed E-state index contributed by atoms with van der Waals surface area (Å²) in [5, 5.41) is 7.49. The van der Waals surface area contributed by atoms with E-state index in [4.69, 9.17) is 4.74 Å². The molecule has 0 bridgehead atoms. The summed E-state index contributed by atoms with van der Waals surface area (Å²) in [5.74, 6) is 1.99. The highest BCUT2D eigenvalue weighted by Crippen LogP contribution is 2.51. The van der Waals surface area contributed by atoms with Gasteiger partial charge in [-0.25, -0.2) is 0 Å². The zero-order chi connectivity index (χ0) is 21.1. The maximum atomic E-state index is 6.56. The monoisotopic (exact) mass is 408 g/mol. The molecule has 7 rings (SSSR count). The van der Waals surface area contributed by atoms with Gasteiger partial charge < -0.3 is 4.74 Å². The van der Waals surface area contributed by atoms with Crippen molar-refractivity contribution in [3.8, 4) is 11.5 Å². The Morgan fingerprint density at radius 3 is 1.88 bits per heavy atom. The van der Waals surface area contributed by atoms with Crippen LogP contribution in [0.2, 0.25) is 0 Å². The van der Waals surface area contributed by atoms with E-state index in [1.54, 1.807) is 0 Å². The van der Waals surface area contributed by atoms with Crippen LogP contribution < -0.4 is 4.74 Å². The molecule has 0 amide bonds. The number of rotatable bonds is 1. The van der Waals surface area contributed by atoms with Crippen LogP contribution in [0.3, 0.4) is 0 Å². The molecule has 0 fully saturated rings. The fourth-order valence-electron chi connectivity index (χ4n) is 5.31. The third kappa shape index (κ3) is 2.52. The van der Waals surface area contributed by atoms with Crippen molar-refractivity contribution in [2.24, 2.45) is 0 Å². The topological polar surface area (TPSA) is 9.23 Å². The molecule has 0 saturated heterocycles. The Hall–Kier alpha value is -4.10. The van der Waals surface area contributed by atoms with E-state index in [2.05, 4.69) is 115 Å². The molecule has 0 saturated carbocycles. The summed E-state index contributed by atoms with van der Waals surface area (Å²) < 4.78 is 6.56. The van der Waals surface area contributed by atoms with Gasteiger partial charge in [0, 0.05) is 17.0 Å². The first-order valence-electron chi connectivity index (χ1n) is 11.1. The van der Waals surface area contributed by atoms with Crippen LogP contribution in [0.15, 0.2) is 115 Å². The first kappa shape index (κ1) is 17.6. The second-order valence-electron chi connectivity index (χ2n) is 8.54. The van der Waals surface area contributed by atoms with Gasteiger partial charge in [-0.15, -0.1) is 0 Å². The predicted molar refractivity (Wildman–Crippen MR) is 133 cm³/mol. The Morgan fingerprint density at radius 2 is 1.06 bits per heavy atom. The molecule has 0 spiro atoms. The first-order valence-corrected chi connectivity index (χ1v) is 11.1. The van der Waals surface area contributed by atoms with Crippen molar-refractivity contribution in [1.29, 1.82) is 0 Å². The smallest absolute Gasteiger partial charge is 0.132 e. The van der Waals surface area contributed by atoms with Gasteiger partial charge in [-0.05, 0) is 56.1 Å². The Bertz CT molecular complexity index is 1660.